The van der Waals surface area contributed by atoms with E-state index < -0.39 is 24.5 Å². The molecule has 2 saturated heterocycles. The van der Waals surface area contributed by atoms with Crippen molar-refractivity contribution in [3.05, 3.63) is 0 Å². The first-order chi connectivity index (χ1) is 6.15. The summed E-state index contributed by atoms with van der Waals surface area (Å²) in [6.07, 6.45) is -1.90. The van der Waals surface area contributed by atoms with E-state index in [0.717, 1.165) is 0 Å². The number of amides is 2. The molecule has 0 spiro atoms. The molecule has 2 heterocycles. The second-order valence-electron chi connectivity index (χ2n) is 3.32. The Morgan fingerprint density at radius 2 is 2.38 bits per heavy atom. The Kier molecular flexibility index (Phi) is 1.90. The van der Waals surface area contributed by atoms with Crippen molar-refractivity contribution in [3.8, 4) is 0 Å². The summed E-state index contributed by atoms with van der Waals surface area (Å²) in [7, 11) is 1.54. The van der Waals surface area contributed by atoms with Gasteiger partial charge in [-0.3, -0.25) is 4.90 Å². The van der Waals surface area contributed by atoms with Crippen molar-refractivity contribution >= 4 is 6.03 Å². The molecule has 3 N–H and O–H groups in total. The van der Waals surface area contributed by atoms with Crippen LogP contribution in [-0.4, -0.2) is 59.3 Å². The van der Waals surface area contributed by atoms with E-state index in [1.165, 1.54) is 4.90 Å². The number of hydrogen-bond acceptors (Lipinski definition) is 4. The summed E-state index contributed by atoms with van der Waals surface area (Å²) in [5.74, 6) is 0. The van der Waals surface area contributed by atoms with Crippen LogP contribution in [0, 0.1) is 0 Å². The molecule has 0 saturated carbocycles. The van der Waals surface area contributed by atoms with Crippen molar-refractivity contribution < 1.29 is 19.7 Å². The molecule has 2 rings (SSSR count). The summed E-state index contributed by atoms with van der Waals surface area (Å²) in [6.45, 7) is -0.202. The van der Waals surface area contributed by atoms with E-state index in [-0.39, 0.29) is 12.6 Å². The molecule has 4 atom stereocenters. The Labute approximate surface area is 75.1 Å². The number of urea groups is 1. The average molecular weight is 188 g/mol. The van der Waals surface area contributed by atoms with Crippen molar-refractivity contribution in [2.75, 3.05) is 13.7 Å². The molecule has 0 aromatic carbocycles. The van der Waals surface area contributed by atoms with Crippen molar-refractivity contribution in [2.24, 2.45) is 0 Å². The molecule has 6 nitrogen and oxygen atoms in total. The van der Waals surface area contributed by atoms with Gasteiger partial charge in [0, 0.05) is 7.05 Å². The number of carbonyl (C=O) groups excluding carboxylic acids is 1. The number of fused-ring (bicyclic) bond motifs is 2. The van der Waals surface area contributed by atoms with Crippen LogP contribution in [0.25, 0.3) is 0 Å². The van der Waals surface area contributed by atoms with Crippen LogP contribution in [-0.2, 0) is 4.74 Å². The lowest BCUT2D eigenvalue weighted by molar-refractivity contribution is -0.0698. The monoisotopic (exact) mass is 188 g/mol. The maximum Gasteiger partial charge on any atom is 0.319 e. The Morgan fingerprint density at radius 1 is 1.69 bits per heavy atom. The quantitative estimate of drug-likeness (QED) is 0.448. The van der Waals surface area contributed by atoms with Crippen LogP contribution >= 0.6 is 0 Å². The Balaban J connectivity index is 2.21. The minimum Gasteiger partial charge on any atom is -0.394 e. The molecule has 6 heteroatoms. The fraction of sp³-hybridized carbons (Fsp3) is 0.857. The zero-order chi connectivity index (χ0) is 9.59. The minimum atomic E-state index is -0.764. The van der Waals surface area contributed by atoms with E-state index >= 15 is 0 Å². The maximum atomic E-state index is 11.2. The lowest BCUT2D eigenvalue weighted by Crippen LogP contribution is -2.60. The Bertz CT molecular complexity index is 231. The van der Waals surface area contributed by atoms with E-state index in [4.69, 9.17) is 9.84 Å². The number of hydrogen-bond donors (Lipinski definition) is 3. The van der Waals surface area contributed by atoms with E-state index in [0.29, 0.717) is 0 Å². The second-order valence-corrected chi connectivity index (χ2v) is 3.32. The first kappa shape index (κ1) is 8.74. The number of nitrogens with zero attached hydrogens (tertiary/aromatic N) is 1. The molecule has 0 unspecified atom stereocenters. The molecular weight excluding hydrogens is 176 g/mol. The summed E-state index contributed by atoms with van der Waals surface area (Å²) in [4.78, 5) is 12.5. The Hall–Kier alpha value is -0.850. The highest BCUT2D eigenvalue weighted by Gasteiger charge is 2.51. The SMILES string of the molecule is CN1C(=O)N[C@H]2[C@@H](O)[C@@H]1O[C@@H]2CO. The number of ether oxygens (including phenoxy) is 1. The van der Waals surface area contributed by atoms with E-state index in [1.807, 2.05) is 0 Å². The normalized spacial score (nSPS) is 43.6. The van der Waals surface area contributed by atoms with Gasteiger partial charge in [0.05, 0.1) is 12.6 Å². The lowest BCUT2D eigenvalue weighted by atomic mass is 10.1. The van der Waals surface area contributed by atoms with Gasteiger partial charge in [0.1, 0.15) is 12.2 Å². The molecule has 2 aliphatic rings. The molecule has 0 radical (unpaired) electrons. The van der Waals surface area contributed by atoms with Crippen LogP contribution in [0.4, 0.5) is 4.79 Å². The van der Waals surface area contributed by atoms with E-state index in [9.17, 15) is 9.90 Å². The zero-order valence-electron chi connectivity index (χ0n) is 7.17. The molecule has 0 aliphatic carbocycles. The first-order valence-electron chi connectivity index (χ1n) is 4.13. The molecule has 74 valence electrons. The molecule has 13 heavy (non-hydrogen) atoms. The van der Waals surface area contributed by atoms with Crippen molar-refractivity contribution in [1.29, 1.82) is 0 Å². The number of likely N-dealkylation sites (N-methyl/N-ethyl adjacent to an activating group) is 1. The number of nitrogens with one attached hydrogen (secondary N) is 1. The zero-order valence-corrected chi connectivity index (χ0v) is 7.17. The fourth-order valence-electron chi connectivity index (χ4n) is 1.76. The standard InChI is InChI=1S/C7H12N2O4/c1-9-6-5(11)4(8-7(9)12)3(2-10)13-6/h3-6,10-11H,2H2,1H3,(H,8,12)/t3-,4-,5-,6+/m1/s1. The highest BCUT2D eigenvalue weighted by molar-refractivity contribution is 5.76. The maximum absolute atomic E-state index is 11.2. The summed E-state index contributed by atoms with van der Waals surface area (Å²) in [6, 6.07) is -0.769. The summed E-state index contributed by atoms with van der Waals surface area (Å²) in [5, 5.41) is 21.1. The van der Waals surface area contributed by atoms with Gasteiger partial charge in [-0.25, -0.2) is 4.79 Å². The first-order valence-corrected chi connectivity index (χ1v) is 4.13. The number of aliphatic hydroxyl groups is 2. The second kappa shape index (κ2) is 2.83. The van der Waals surface area contributed by atoms with Crippen LogP contribution in [0.15, 0.2) is 0 Å². The van der Waals surface area contributed by atoms with Gasteiger partial charge in [-0.05, 0) is 0 Å². The predicted molar refractivity (Wildman–Crippen MR) is 41.8 cm³/mol. The van der Waals surface area contributed by atoms with Crippen LogP contribution in [0.1, 0.15) is 0 Å². The van der Waals surface area contributed by atoms with Gasteiger partial charge in [0.15, 0.2) is 6.23 Å². The number of aliphatic hydroxyl groups excluding tert-OH is 2. The largest absolute Gasteiger partial charge is 0.394 e. The lowest BCUT2D eigenvalue weighted by Gasteiger charge is -2.32. The summed E-state index contributed by atoms with van der Waals surface area (Å²) < 4.78 is 5.27. The molecule has 2 aliphatic heterocycles. The van der Waals surface area contributed by atoms with E-state index in [2.05, 4.69) is 5.32 Å². The van der Waals surface area contributed by atoms with Crippen molar-refractivity contribution in [3.63, 3.8) is 0 Å². The van der Waals surface area contributed by atoms with Crippen LogP contribution in [0.3, 0.4) is 0 Å². The fourth-order valence-corrected chi connectivity index (χ4v) is 1.76. The molecular formula is C7H12N2O4. The molecule has 2 fully saturated rings. The molecule has 2 amide bonds. The molecule has 0 aromatic heterocycles. The van der Waals surface area contributed by atoms with Gasteiger partial charge in [-0.15, -0.1) is 0 Å². The van der Waals surface area contributed by atoms with Crippen LogP contribution < -0.4 is 5.32 Å². The van der Waals surface area contributed by atoms with Gasteiger partial charge < -0.3 is 20.3 Å². The van der Waals surface area contributed by atoms with E-state index in [1.54, 1.807) is 7.05 Å². The average Bonchev–Trinajstić information content (AvgIpc) is 2.35. The Morgan fingerprint density at radius 3 is 3.00 bits per heavy atom. The van der Waals surface area contributed by atoms with Gasteiger partial charge in [0.2, 0.25) is 0 Å². The predicted octanol–water partition coefficient (Wildman–Crippen LogP) is -1.91. The van der Waals surface area contributed by atoms with Gasteiger partial charge >= 0.3 is 6.03 Å². The highest BCUT2D eigenvalue weighted by Crippen LogP contribution is 2.26. The molecule has 0 aromatic rings. The smallest absolute Gasteiger partial charge is 0.319 e. The number of carbonyl (C=O) groups is 1. The van der Waals surface area contributed by atoms with Gasteiger partial charge in [0.25, 0.3) is 0 Å². The van der Waals surface area contributed by atoms with Gasteiger partial charge in [-0.2, -0.15) is 0 Å². The topological polar surface area (TPSA) is 82.0 Å². The third-order valence-electron chi connectivity index (χ3n) is 2.55. The van der Waals surface area contributed by atoms with Crippen molar-refractivity contribution in [2.45, 2.75) is 24.5 Å². The van der Waals surface area contributed by atoms with Crippen LogP contribution in [0.2, 0.25) is 0 Å². The molecule has 2 bridgehead atoms. The van der Waals surface area contributed by atoms with Gasteiger partial charge in [-0.1, -0.05) is 0 Å². The third kappa shape index (κ3) is 1.10. The summed E-state index contributed by atoms with van der Waals surface area (Å²) >= 11 is 0. The highest BCUT2D eigenvalue weighted by atomic mass is 16.6. The van der Waals surface area contributed by atoms with Crippen LogP contribution in [0.5, 0.6) is 0 Å². The number of rotatable bonds is 1. The minimum absolute atomic E-state index is 0.202. The summed E-state index contributed by atoms with van der Waals surface area (Å²) in [5.41, 5.74) is 0. The van der Waals surface area contributed by atoms with Crippen molar-refractivity contribution in [1.82, 2.24) is 10.2 Å². The third-order valence-corrected chi connectivity index (χ3v) is 2.55.